The number of rotatable bonds is 6. The molecule has 1 N–H and O–H groups in total. The molecule has 0 saturated heterocycles. The number of fused-ring (bicyclic) bond motifs is 1. The van der Waals surface area contributed by atoms with E-state index < -0.39 is 0 Å². The lowest BCUT2D eigenvalue weighted by Gasteiger charge is -2.45. The topological polar surface area (TPSA) is 21.3 Å². The van der Waals surface area contributed by atoms with Gasteiger partial charge in [0.05, 0.1) is 11.7 Å². The van der Waals surface area contributed by atoms with E-state index in [1.807, 2.05) is 0 Å². The molecule has 1 aromatic rings. The maximum absolute atomic E-state index is 6.68. The van der Waals surface area contributed by atoms with Crippen molar-refractivity contribution in [1.82, 2.24) is 5.32 Å². The minimum Gasteiger partial charge on any atom is -0.367 e. The molecule has 0 amide bonds. The van der Waals surface area contributed by atoms with Gasteiger partial charge in [-0.05, 0) is 62.6 Å². The van der Waals surface area contributed by atoms with Gasteiger partial charge in [0.2, 0.25) is 0 Å². The van der Waals surface area contributed by atoms with Crippen LogP contribution in [0.4, 0.5) is 0 Å². The zero-order chi connectivity index (χ0) is 14.7. The van der Waals surface area contributed by atoms with Gasteiger partial charge in [-0.15, -0.1) is 0 Å². The summed E-state index contributed by atoms with van der Waals surface area (Å²) in [5.41, 5.74) is 3.10. The lowest BCUT2D eigenvalue weighted by Crippen LogP contribution is -2.44. The number of hydrogen-bond acceptors (Lipinski definition) is 2. The van der Waals surface area contributed by atoms with Crippen LogP contribution >= 0.6 is 0 Å². The van der Waals surface area contributed by atoms with E-state index in [-0.39, 0.29) is 5.60 Å². The van der Waals surface area contributed by atoms with Crippen LogP contribution in [0, 0.1) is 0 Å². The lowest BCUT2D eigenvalue weighted by molar-refractivity contribution is -0.149. The second kappa shape index (κ2) is 6.50. The summed E-state index contributed by atoms with van der Waals surface area (Å²) in [5.74, 6) is 0. The number of hydrogen-bond donors (Lipinski definition) is 1. The Kier molecular flexibility index (Phi) is 4.66. The van der Waals surface area contributed by atoms with Crippen LogP contribution in [-0.2, 0) is 11.2 Å². The molecule has 0 heterocycles. The molecule has 1 saturated carbocycles. The van der Waals surface area contributed by atoms with Gasteiger partial charge in [0.25, 0.3) is 0 Å². The molecule has 1 fully saturated rings. The van der Waals surface area contributed by atoms with Gasteiger partial charge in [-0.2, -0.15) is 0 Å². The first-order chi connectivity index (χ1) is 10.2. The summed E-state index contributed by atoms with van der Waals surface area (Å²) in [5, 5.41) is 3.55. The third-order valence-electron chi connectivity index (χ3n) is 5.10. The Morgan fingerprint density at radius 2 is 2.05 bits per heavy atom. The van der Waals surface area contributed by atoms with Crippen LogP contribution in [0.1, 0.15) is 69.6 Å². The van der Waals surface area contributed by atoms with Gasteiger partial charge in [0.1, 0.15) is 0 Å². The van der Waals surface area contributed by atoms with Gasteiger partial charge in [-0.1, -0.05) is 38.1 Å². The molecule has 2 aliphatic rings. The zero-order valence-electron chi connectivity index (χ0n) is 13.5. The van der Waals surface area contributed by atoms with Crippen LogP contribution in [-0.4, -0.2) is 18.2 Å². The van der Waals surface area contributed by atoms with Gasteiger partial charge < -0.3 is 10.1 Å². The minimum atomic E-state index is 0.150. The molecule has 0 spiro atoms. The molecular weight excluding hydrogens is 258 g/mol. The molecule has 2 aliphatic carbocycles. The zero-order valence-corrected chi connectivity index (χ0v) is 13.5. The molecule has 21 heavy (non-hydrogen) atoms. The van der Waals surface area contributed by atoms with E-state index >= 15 is 0 Å². The normalized spacial score (nSPS) is 23.7. The highest BCUT2D eigenvalue weighted by Gasteiger charge is 2.40. The Labute approximate surface area is 129 Å². The van der Waals surface area contributed by atoms with Crippen LogP contribution in [0.15, 0.2) is 24.3 Å². The number of aryl methyl sites for hydroxylation is 1. The van der Waals surface area contributed by atoms with E-state index in [9.17, 15) is 0 Å². The maximum Gasteiger partial charge on any atom is 0.0835 e. The molecule has 2 heteroatoms. The fourth-order valence-corrected chi connectivity index (χ4v) is 3.72. The van der Waals surface area contributed by atoms with Crippen molar-refractivity contribution >= 4 is 0 Å². The van der Waals surface area contributed by atoms with Crippen molar-refractivity contribution in [2.45, 2.75) is 76.5 Å². The van der Waals surface area contributed by atoms with Gasteiger partial charge in [-0.3, -0.25) is 0 Å². The summed E-state index contributed by atoms with van der Waals surface area (Å²) in [6.45, 7) is 5.50. The predicted molar refractivity (Wildman–Crippen MR) is 87.5 cm³/mol. The Morgan fingerprint density at radius 3 is 2.76 bits per heavy atom. The molecule has 2 nitrogen and oxygen atoms in total. The Hall–Kier alpha value is -0.860. The third kappa shape index (κ3) is 3.49. The van der Waals surface area contributed by atoms with E-state index in [0.29, 0.717) is 12.1 Å². The molecular formula is C19H29NO. The molecule has 1 atom stereocenters. The smallest absolute Gasteiger partial charge is 0.0835 e. The number of benzene rings is 1. The lowest BCUT2D eigenvalue weighted by atomic mass is 9.76. The van der Waals surface area contributed by atoms with Crippen molar-refractivity contribution in [2.24, 2.45) is 0 Å². The summed E-state index contributed by atoms with van der Waals surface area (Å²) in [6.07, 6.45) is 8.97. The molecule has 1 aromatic carbocycles. The quantitative estimate of drug-likeness (QED) is 0.837. The highest BCUT2D eigenvalue weighted by atomic mass is 16.5. The fraction of sp³-hybridized carbons (Fsp3) is 0.684. The van der Waals surface area contributed by atoms with E-state index in [1.54, 1.807) is 0 Å². The summed E-state index contributed by atoms with van der Waals surface area (Å²) in [4.78, 5) is 0. The second-order valence-electron chi connectivity index (χ2n) is 7.09. The minimum absolute atomic E-state index is 0.150. The third-order valence-corrected chi connectivity index (χ3v) is 5.10. The Balaban J connectivity index is 1.65. The summed E-state index contributed by atoms with van der Waals surface area (Å²) in [6, 6.07) is 9.44. The van der Waals surface area contributed by atoms with Crippen LogP contribution < -0.4 is 5.32 Å². The van der Waals surface area contributed by atoms with Gasteiger partial charge >= 0.3 is 0 Å². The first kappa shape index (κ1) is 15.1. The SMILES string of the molecule is CC(C)NCCC1(OC2CCCc3ccccc32)CCC1. The van der Waals surface area contributed by atoms with Crippen molar-refractivity contribution in [3.8, 4) is 0 Å². The summed E-state index contributed by atoms with van der Waals surface area (Å²) in [7, 11) is 0. The van der Waals surface area contributed by atoms with Gasteiger partial charge in [0.15, 0.2) is 0 Å². The van der Waals surface area contributed by atoms with E-state index in [2.05, 4.69) is 43.4 Å². The highest BCUT2D eigenvalue weighted by Crippen LogP contribution is 2.44. The molecule has 0 aliphatic heterocycles. The van der Waals surface area contributed by atoms with E-state index in [4.69, 9.17) is 4.74 Å². The van der Waals surface area contributed by atoms with Crippen LogP contribution in [0.2, 0.25) is 0 Å². The second-order valence-corrected chi connectivity index (χ2v) is 7.09. The molecule has 0 radical (unpaired) electrons. The largest absolute Gasteiger partial charge is 0.367 e. The summed E-state index contributed by atoms with van der Waals surface area (Å²) >= 11 is 0. The van der Waals surface area contributed by atoms with Gasteiger partial charge in [0, 0.05) is 6.04 Å². The Morgan fingerprint density at radius 1 is 1.24 bits per heavy atom. The fourth-order valence-electron chi connectivity index (χ4n) is 3.72. The first-order valence-corrected chi connectivity index (χ1v) is 8.68. The van der Waals surface area contributed by atoms with Crippen LogP contribution in [0.5, 0.6) is 0 Å². The Bertz CT molecular complexity index is 464. The first-order valence-electron chi connectivity index (χ1n) is 8.68. The standard InChI is InChI=1S/C19H29NO/c1-15(2)20-14-13-19(11-6-12-19)21-18-10-5-8-16-7-3-4-9-17(16)18/h3-4,7,9,15,18,20H,5-6,8,10-14H2,1-2H3. The van der Waals surface area contributed by atoms with Crippen molar-refractivity contribution in [2.75, 3.05) is 6.54 Å². The van der Waals surface area contributed by atoms with Crippen molar-refractivity contribution in [1.29, 1.82) is 0 Å². The molecule has 1 unspecified atom stereocenters. The average molecular weight is 287 g/mol. The van der Waals surface area contributed by atoms with Crippen molar-refractivity contribution in [3.05, 3.63) is 35.4 Å². The molecule has 3 rings (SSSR count). The average Bonchev–Trinajstić information content (AvgIpc) is 2.44. The molecule has 0 aromatic heterocycles. The predicted octanol–water partition coefficient (Wildman–Crippen LogP) is 4.39. The molecule has 116 valence electrons. The van der Waals surface area contributed by atoms with Crippen LogP contribution in [0.3, 0.4) is 0 Å². The maximum atomic E-state index is 6.68. The van der Waals surface area contributed by atoms with Crippen LogP contribution in [0.25, 0.3) is 0 Å². The summed E-state index contributed by atoms with van der Waals surface area (Å²) < 4.78 is 6.68. The number of ether oxygens (including phenoxy) is 1. The van der Waals surface area contributed by atoms with Crippen molar-refractivity contribution < 1.29 is 4.74 Å². The monoisotopic (exact) mass is 287 g/mol. The van der Waals surface area contributed by atoms with Crippen molar-refractivity contribution in [3.63, 3.8) is 0 Å². The number of nitrogens with one attached hydrogen (secondary N) is 1. The highest BCUT2D eigenvalue weighted by molar-refractivity contribution is 5.31. The van der Waals surface area contributed by atoms with Gasteiger partial charge in [-0.25, -0.2) is 0 Å². The molecule has 0 bridgehead atoms. The van der Waals surface area contributed by atoms with E-state index in [1.165, 1.54) is 49.7 Å². The van der Waals surface area contributed by atoms with E-state index in [0.717, 1.165) is 13.0 Å².